The Balaban J connectivity index is 1.30. The summed E-state index contributed by atoms with van der Waals surface area (Å²) in [5.41, 5.74) is -3.83. The molecule has 8 atom stereocenters. The van der Waals surface area contributed by atoms with Gasteiger partial charge in [0.25, 0.3) is 11.8 Å². The summed E-state index contributed by atoms with van der Waals surface area (Å²) >= 11 is 0. The highest BCUT2D eigenvalue weighted by Crippen LogP contribution is 2.50. The van der Waals surface area contributed by atoms with Crippen molar-refractivity contribution < 1.29 is 59.4 Å². The number of methoxy groups -OCH3 is 1. The van der Waals surface area contributed by atoms with Crippen LogP contribution in [0.3, 0.4) is 0 Å². The Kier molecular flexibility index (Phi) is 11.2. The highest BCUT2D eigenvalue weighted by Gasteiger charge is 2.68. The molecule has 3 aliphatic carbocycles. The number of nitrogens with one attached hydrogen (secondary N) is 3. The fourth-order valence-corrected chi connectivity index (χ4v) is 9.74. The van der Waals surface area contributed by atoms with E-state index in [4.69, 9.17) is 14.2 Å². The van der Waals surface area contributed by atoms with Crippen molar-refractivity contribution in [2.75, 3.05) is 13.7 Å². The molecule has 1 unspecified atom stereocenters. The number of alkyl halides is 4. The van der Waals surface area contributed by atoms with Crippen LogP contribution in [0.1, 0.15) is 98.1 Å². The molecule has 2 bridgehead atoms. The summed E-state index contributed by atoms with van der Waals surface area (Å²) in [5.74, 6) is -9.85. The Hall–Kier alpha value is -4.49. The van der Waals surface area contributed by atoms with Gasteiger partial charge in [0.1, 0.15) is 35.6 Å². The van der Waals surface area contributed by atoms with Crippen molar-refractivity contribution in [2.45, 2.75) is 139 Å². The van der Waals surface area contributed by atoms with Gasteiger partial charge in [0.05, 0.1) is 35.4 Å². The van der Waals surface area contributed by atoms with E-state index in [2.05, 4.69) is 20.6 Å². The Morgan fingerprint density at radius 2 is 1.78 bits per heavy atom. The van der Waals surface area contributed by atoms with Gasteiger partial charge in [-0.05, 0) is 75.3 Å². The zero-order valence-electron chi connectivity index (χ0n) is 34.4. The van der Waals surface area contributed by atoms with E-state index < -0.39 is 129 Å². The topological polar surface area (TPSA) is 195 Å². The molecule has 3 N–H and O–H groups in total. The summed E-state index contributed by atoms with van der Waals surface area (Å²) in [6.45, 7) is 7.62. The van der Waals surface area contributed by atoms with Gasteiger partial charge in [-0.3, -0.25) is 19.1 Å². The quantitative estimate of drug-likeness (QED) is 0.304. The van der Waals surface area contributed by atoms with Crippen molar-refractivity contribution in [2.24, 2.45) is 23.2 Å². The predicted molar refractivity (Wildman–Crippen MR) is 207 cm³/mol. The van der Waals surface area contributed by atoms with Crippen molar-refractivity contribution in [3.63, 3.8) is 0 Å². The molecule has 1 aromatic carbocycles. The van der Waals surface area contributed by atoms with E-state index in [0.717, 1.165) is 4.90 Å². The van der Waals surface area contributed by atoms with Crippen LogP contribution in [0.2, 0.25) is 0 Å². The fourth-order valence-electron chi connectivity index (χ4n) is 8.43. The third kappa shape index (κ3) is 8.28. The van der Waals surface area contributed by atoms with Crippen molar-refractivity contribution in [3.05, 3.63) is 23.9 Å². The van der Waals surface area contributed by atoms with Gasteiger partial charge in [0.2, 0.25) is 34.1 Å². The lowest BCUT2D eigenvalue weighted by atomic mass is 9.85. The molecule has 330 valence electrons. The summed E-state index contributed by atoms with van der Waals surface area (Å²) in [7, 11) is -2.89. The molecule has 3 heterocycles. The van der Waals surface area contributed by atoms with E-state index in [-0.39, 0.29) is 42.6 Å². The van der Waals surface area contributed by atoms with Crippen molar-refractivity contribution in [1.29, 1.82) is 0 Å². The lowest BCUT2D eigenvalue weighted by molar-refractivity contribution is -0.144. The lowest BCUT2D eigenvalue weighted by Crippen LogP contribution is -2.61. The third-order valence-electron chi connectivity index (χ3n) is 12.8. The number of rotatable bonds is 8. The Labute approximate surface area is 345 Å². The van der Waals surface area contributed by atoms with Crippen LogP contribution in [0.4, 0.5) is 22.4 Å². The van der Waals surface area contributed by atoms with Gasteiger partial charge >= 0.3 is 6.09 Å². The number of benzene rings is 1. The largest absolute Gasteiger partial charge is 0.497 e. The average Bonchev–Trinajstić information content (AvgIpc) is 4.12. The predicted octanol–water partition coefficient (Wildman–Crippen LogP) is 4.96. The van der Waals surface area contributed by atoms with Gasteiger partial charge in [-0.25, -0.2) is 32.0 Å². The Morgan fingerprint density at radius 3 is 2.40 bits per heavy atom. The van der Waals surface area contributed by atoms with Crippen LogP contribution < -0.4 is 24.8 Å². The molecule has 1 saturated heterocycles. The minimum atomic E-state index is -4.31. The number of aromatic nitrogens is 2. The highest BCUT2D eigenvalue weighted by molar-refractivity contribution is 7.91. The summed E-state index contributed by atoms with van der Waals surface area (Å²) < 4.78 is 105. The second-order valence-electron chi connectivity index (χ2n) is 18.2. The summed E-state index contributed by atoms with van der Waals surface area (Å²) in [6.07, 6.45) is -4.91. The molecular formula is C40H52F4N6O9S. The number of hydrogen-bond acceptors (Lipinski definition) is 11. The van der Waals surface area contributed by atoms with Crippen LogP contribution in [0.15, 0.2) is 18.2 Å². The minimum Gasteiger partial charge on any atom is -0.497 e. The van der Waals surface area contributed by atoms with Gasteiger partial charge < -0.3 is 29.7 Å². The Bertz CT molecular complexity index is 2170. The van der Waals surface area contributed by atoms with Gasteiger partial charge in [0.15, 0.2) is 5.69 Å². The smallest absolute Gasteiger partial charge is 0.408 e. The van der Waals surface area contributed by atoms with Crippen LogP contribution in [0.5, 0.6) is 11.6 Å². The number of carbonyl (C=O) groups excluding carboxylic acids is 4. The number of carbonyl (C=O) groups is 4. The third-order valence-corrected chi connectivity index (χ3v) is 14.9. The zero-order chi connectivity index (χ0) is 43.7. The van der Waals surface area contributed by atoms with Crippen LogP contribution >= 0.6 is 0 Å². The van der Waals surface area contributed by atoms with Crippen LogP contribution in [-0.2, 0) is 35.1 Å². The second-order valence-corrected chi connectivity index (χ2v) is 20.4. The van der Waals surface area contributed by atoms with E-state index in [1.54, 1.807) is 33.8 Å². The first-order valence-corrected chi connectivity index (χ1v) is 21.9. The van der Waals surface area contributed by atoms with E-state index >= 15 is 8.78 Å². The first kappa shape index (κ1) is 43.6. The molecule has 20 heteroatoms. The molecule has 5 aliphatic rings. The Morgan fingerprint density at radius 1 is 1.07 bits per heavy atom. The maximum atomic E-state index is 16.3. The monoisotopic (exact) mass is 868 g/mol. The number of sulfonamides is 1. The number of amides is 4. The molecule has 7 rings (SSSR count). The number of ether oxygens (including phenoxy) is 3. The normalized spacial score (nSPS) is 31.3. The molecule has 15 nitrogen and oxygen atoms in total. The summed E-state index contributed by atoms with van der Waals surface area (Å²) in [4.78, 5) is 66.3. The number of hydrogen-bond donors (Lipinski definition) is 3. The maximum absolute atomic E-state index is 16.3. The number of fused-ring (bicyclic) bond motifs is 5. The van der Waals surface area contributed by atoms with Crippen LogP contribution in [0.25, 0.3) is 11.0 Å². The van der Waals surface area contributed by atoms with E-state index in [0.29, 0.717) is 25.0 Å². The molecule has 0 radical (unpaired) electrons. The van der Waals surface area contributed by atoms with Crippen molar-refractivity contribution >= 4 is 44.9 Å². The van der Waals surface area contributed by atoms with E-state index in [1.165, 1.54) is 26.2 Å². The van der Waals surface area contributed by atoms with E-state index in [9.17, 15) is 36.4 Å². The molecule has 3 saturated carbocycles. The number of alkyl carbamates (subject to hydrolysis) is 1. The standard InChI is InChI=1S/C40H52F4N6O9S/c1-7-22-27-19-50(28(22)32(51)48-39(18-23(39)31(41)42)35(53)49-60(55,56)38(5)14-15-38)34(52)30(37(2,3)4)47-36(54)59-26-16-20(26)10-8-9-13-40(43,44)29-33(58-27)46-25-17-21(57-6)11-12-24(25)45-29/h11-12,17,20,22-23,26-28,30-31H,7-10,13-16,18-19H2,1-6H3,(H,47,54)(H,48,51)(H,49,53)/t20-,22-,23+,26-,27+,28+,30?,39-/m1/s1. The lowest BCUT2D eigenvalue weighted by Gasteiger charge is -2.36. The molecule has 4 fully saturated rings. The average molecular weight is 869 g/mol. The molecule has 1 aromatic heterocycles. The molecular weight excluding hydrogens is 817 g/mol. The molecule has 60 heavy (non-hydrogen) atoms. The first-order valence-electron chi connectivity index (χ1n) is 20.4. The molecule has 2 aliphatic heterocycles. The van der Waals surface area contributed by atoms with Crippen LogP contribution in [-0.4, -0.2) is 102 Å². The molecule has 0 spiro atoms. The molecule has 2 aromatic rings. The minimum absolute atomic E-state index is 0.0516. The van der Waals surface area contributed by atoms with Gasteiger partial charge in [-0.15, -0.1) is 0 Å². The van der Waals surface area contributed by atoms with E-state index in [1.807, 2.05) is 4.72 Å². The van der Waals surface area contributed by atoms with Crippen molar-refractivity contribution in [3.8, 4) is 11.6 Å². The SMILES string of the molecule is CC[C@@H]1[C@@H]2CN(C(=O)C(C(C)(C)C)NC(=O)O[C@@H]3C[C@H]3CCCCC(F)(F)c3nc4ccc(OC)cc4nc3O2)[C@@H]1C(=O)N[C@]1(C(=O)NS(=O)(=O)C2(C)CC2)C[C@H]1C(F)F. The zero-order valence-corrected chi connectivity index (χ0v) is 35.2. The molecule has 4 amide bonds. The van der Waals surface area contributed by atoms with Gasteiger partial charge in [0, 0.05) is 18.4 Å². The second kappa shape index (κ2) is 15.4. The number of halogens is 4. The fraction of sp³-hybridized carbons (Fsp3) is 0.700. The van der Waals surface area contributed by atoms with Crippen molar-refractivity contribution in [1.82, 2.24) is 30.2 Å². The van der Waals surface area contributed by atoms with Gasteiger partial charge in [-0.2, -0.15) is 8.78 Å². The van der Waals surface area contributed by atoms with Gasteiger partial charge in [-0.1, -0.05) is 34.1 Å². The summed E-state index contributed by atoms with van der Waals surface area (Å²) in [5, 5.41) is 5.06. The summed E-state index contributed by atoms with van der Waals surface area (Å²) in [6, 6.07) is 1.59. The first-order chi connectivity index (χ1) is 28.0. The van der Waals surface area contributed by atoms with Crippen LogP contribution in [0, 0.1) is 23.2 Å². The number of nitrogens with zero attached hydrogens (tertiary/aromatic N) is 3. The maximum Gasteiger partial charge on any atom is 0.408 e. The highest BCUT2D eigenvalue weighted by atomic mass is 32.2.